The first-order valence-electron chi connectivity index (χ1n) is 20.6. The van der Waals surface area contributed by atoms with E-state index in [1.807, 2.05) is 6.07 Å². The van der Waals surface area contributed by atoms with Crippen LogP contribution < -0.4 is 20.5 Å². The molecule has 2 unspecified atom stereocenters. The lowest BCUT2D eigenvalue weighted by molar-refractivity contribution is -0.117. The first kappa shape index (κ1) is 46.5. The number of rotatable bonds is 22. The largest absolute Gasteiger partial charge is 0.508 e. The van der Waals surface area contributed by atoms with Gasteiger partial charge in [-0.1, -0.05) is 124 Å². The number of aliphatic imine (C=N–C) groups is 1. The number of ether oxygens (including phenoxy) is 1. The lowest BCUT2D eigenvalue weighted by atomic mass is 10.1. The zero-order valence-corrected chi connectivity index (χ0v) is 36.9. The molecule has 0 bridgehead atoms. The number of nitrogens with zero attached hydrogens (tertiary/aromatic N) is 4. The third-order valence-corrected chi connectivity index (χ3v) is 11.1. The van der Waals surface area contributed by atoms with Gasteiger partial charge in [0.2, 0.25) is 6.04 Å². The van der Waals surface area contributed by atoms with Crippen molar-refractivity contribution in [1.29, 1.82) is 0 Å². The smallest absolute Gasteiger partial charge is 0.280 e. The third kappa shape index (κ3) is 13.5. The van der Waals surface area contributed by atoms with Crippen molar-refractivity contribution in [3.8, 4) is 17.2 Å². The Morgan fingerprint density at radius 3 is 2.12 bits per heavy atom. The van der Waals surface area contributed by atoms with E-state index in [0.717, 1.165) is 42.7 Å². The summed E-state index contributed by atoms with van der Waals surface area (Å²) in [5.41, 5.74) is 4.65. The lowest BCUT2D eigenvalue weighted by Crippen LogP contribution is -2.39. The molecule has 4 N–H and O–H groups in total. The maximum Gasteiger partial charge on any atom is 0.280 e. The van der Waals surface area contributed by atoms with E-state index in [2.05, 4.69) is 39.8 Å². The highest BCUT2D eigenvalue weighted by atomic mass is 35.5. The Morgan fingerprint density at radius 1 is 0.800 bits per heavy atom. The van der Waals surface area contributed by atoms with Gasteiger partial charge in [-0.05, 0) is 97.6 Å². The van der Waals surface area contributed by atoms with Gasteiger partial charge in [0.15, 0.2) is 12.1 Å². The average Bonchev–Trinajstić information content (AvgIpc) is 3.51. The van der Waals surface area contributed by atoms with Crippen molar-refractivity contribution in [3.63, 3.8) is 0 Å². The lowest BCUT2D eigenvalue weighted by Gasteiger charge is -2.21. The summed E-state index contributed by atoms with van der Waals surface area (Å²) in [5.74, 6) is -0.194. The number of nitrogens with one attached hydrogen (secondary N) is 2. The second-order valence-corrected chi connectivity index (χ2v) is 16.4. The zero-order valence-electron chi connectivity index (χ0n) is 33.9. The summed E-state index contributed by atoms with van der Waals surface area (Å²) >= 11 is 25.8. The van der Waals surface area contributed by atoms with Crippen molar-refractivity contribution in [2.75, 3.05) is 5.01 Å². The maximum absolute atomic E-state index is 13.9. The number of aromatic hydroxyl groups is 2. The van der Waals surface area contributed by atoms with E-state index in [-0.39, 0.29) is 54.4 Å². The number of phenols is 2. The number of benzene rings is 4. The van der Waals surface area contributed by atoms with Gasteiger partial charge in [0.1, 0.15) is 22.9 Å². The Kier molecular flexibility index (Phi) is 18.2. The number of unbranched alkanes of at least 4 members (excludes halogenated alkanes) is 10. The van der Waals surface area contributed by atoms with Crippen LogP contribution in [0.15, 0.2) is 88.0 Å². The highest BCUT2D eigenvalue weighted by Gasteiger charge is 2.41. The minimum Gasteiger partial charge on any atom is -0.508 e. The number of phenolic OH excluding ortho intramolecular Hbond substituents is 2. The van der Waals surface area contributed by atoms with E-state index in [4.69, 9.17) is 51.1 Å². The van der Waals surface area contributed by atoms with Gasteiger partial charge in [-0.15, -0.1) is 0 Å². The maximum atomic E-state index is 13.9. The van der Waals surface area contributed by atoms with Crippen LogP contribution in [0.25, 0.3) is 0 Å². The fourth-order valence-electron chi connectivity index (χ4n) is 6.66. The van der Waals surface area contributed by atoms with Crippen LogP contribution >= 0.6 is 46.4 Å². The van der Waals surface area contributed by atoms with Crippen molar-refractivity contribution in [1.82, 2.24) is 10.7 Å². The number of halogens is 4. The fourth-order valence-corrected chi connectivity index (χ4v) is 7.81. The monoisotopic (exact) mass is 896 g/mol. The Balaban J connectivity index is 1.37. The molecule has 1 aliphatic heterocycles. The molecule has 320 valence electrons. The predicted octanol–water partition coefficient (Wildman–Crippen LogP) is 13.2. The second kappa shape index (κ2) is 23.4. The summed E-state index contributed by atoms with van der Waals surface area (Å²) in [7, 11) is 0. The molecule has 15 heteroatoms. The molecule has 1 heterocycles. The fraction of sp³-hybridized carbons (Fsp3) is 0.400. The van der Waals surface area contributed by atoms with Crippen molar-refractivity contribution < 1.29 is 24.5 Å². The van der Waals surface area contributed by atoms with Crippen molar-refractivity contribution in [2.24, 2.45) is 15.2 Å². The molecule has 4 aromatic carbocycles. The molecular weight excluding hydrogens is 846 g/mol. The number of amidine groups is 1. The number of amides is 2. The zero-order chi connectivity index (χ0) is 43.0. The van der Waals surface area contributed by atoms with Crippen LogP contribution in [0.2, 0.25) is 20.1 Å². The summed E-state index contributed by atoms with van der Waals surface area (Å²) < 4.78 is 6.39. The normalized spacial score (nSPS) is 15.2. The van der Waals surface area contributed by atoms with Gasteiger partial charge in [0.05, 0.1) is 26.4 Å². The van der Waals surface area contributed by atoms with Crippen molar-refractivity contribution in [3.05, 3.63) is 104 Å². The average molecular weight is 899 g/mol. The van der Waals surface area contributed by atoms with E-state index in [1.54, 1.807) is 24.3 Å². The number of hydrazine groups is 1. The second-order valence-electron chi connectivity index (χ2n) is 14.7. The minimum absolute atomic E-state index is 0.0254. The number of carbonyl (C=O) groups is 2. The first-order valence-corrected chi connectivity index (χ1v) is 22.1. The number of carbonyl (C=O) groups excluding carboxylic acids is 2. The molecule has 0 spiro atoms. The Bertz CT molecular complexity index is 2110. The van der Waals surface area contributed by atoms with E-state index >= 15 is 0 Å². The van der Waals surface area contributed by atoms with E-state index in [1.165, 1.54) is 87.4 Å². The van der Waals surface area contributed by atoms with Gasteiger partial charge >= 0.3 is 0 Å². The summed E-state index contributed by atoms with van der Waals surface area (Å²) in [4.78, 5) is 32.5. The first-order chi connectivity index (χ1) is 29.0. The minimum atomic E-state index is -1.30. The topological polar surface area (TPSA) is 148 Å². The molecule has 1 saturated heterocycles. The number of hydrogen-bond acceptors (Lipinski definition) is 8. The number of aryl methyl sites for hydroxylation is 1. The molecule has 2 amide bonds. The molecule has 0 radical (unpaired) electrons. The number of azo groups is 1. The van der Waals surface area contributed by atoms with Crippen LogP contribution in [-0.2, 0) is 11.2 Å². The summed E-state index contributed by atoms with van der Waals surface area (Å²) in [6.07, 6.45) is 14.3. The number of anilines is 1. The summed E-state index contributed by atoms with van der Waals surface area (Å²) in [6.45, 7) is 4.32. The molecular formula is C45H52Cl4N6O5. The van der Waals surface area contributed by atoms with Crippen LogP contribution in [0.5, 0.6) is 17.2 Å². The Labute approximate surface area is 372 Å². The molecule has 0 saturated carbocycles. The predicted molar refractivity (Wildman–Crippen MR) is 242 cm³/mol. The van der Waals surface area contributed by atoms with Gasteiger partial charge < -0.3 is 20.3 Å². The summed E-state index contributed by atoms with van der Waals surface area (Å²) in [5, 5.41) is 33.5. The van der Waals surface area contributed by atoms with Gasteiger partial charge in [0, 0.05) is 17.0 Å². The SMILES string of the molecule is CCCCCCCCCCCCC(NC(=O)c1ccc(Cl)c(N=C2NN(c3c(Cl)cc(Cl)cc3Cl)C(=O)C2N=Nc2ccc(O)cc2)c1)Oc1ccc(O)c(CCCC)c1. The molecule has 0 aliphatic carbocycles. The molecule has 0 aromatic heterocycles. The van der Waals surface area contributed by atoms with Gasteiger partial charge in [0.25, 0.3) is 11.8 Å². The highest BCUT2D eigenvalue weighted by molar-refractivity contribution is 6.43. The van der Waals surface area contributed by atoms with Crippen LogP contribution in [-0.4, -0.2) is 40.1 Å². The molecule has 1 fully saturated rings. The van der Waals surface area contributed by atoms with Crippen LogP contribution in [0, 0.1) is 0 Å². The molecule has 5 rings (SSSR count). The van der Waals surface area contributed by atoms with Gasteiger partial charge in [-0.25, -0.2) is 10.0 Å². The van der Waals surface area contributed by atoms with Gasteiger partial charge in [-0.3, -0.25) is 15.0 Å². The molecule has 60 heavy (non-hydrogen) atoms. The van der Waals surface area contributed by atoms with Gasteiger partial charge in [-0.2, -0.15) is 10.2 Å². The van der Waals surface area contributed by atoms with Crippen molar-refractivity contribution in [2.45, 2.75) is 116 Å². The van der Waals surface area contributed by atoms with Crippen LogP contribution in [0.4, 0.5) is 17.1 Å². The molecule has 11 nitrogen and oxygen atoms in total. The number of hydrogen-bond donors (Lipinski definition) is 4. The Morgan fingerprint density at radius 2 is 1.45 bits per heavy atom. The van der Waals surface area contributed by atoms with E-state index in [9.17, 15) is 19.8 Å². The summed E-state index contributed by atoms with van der Waals surface area (Å²) in [6, 6.07) is 17.3. The quantitative estimate of drug-likeness (QED) is 0.0351. The highest BCUT2D eigenvalue weighted by Crippen LogP contribution is 2.38. The van der Waals surface area contributed by atoms with Crippen molar-refractivity contribution >= 4 is 81.1 Å². The standard InChI is InChI=1S/C45H52Cl4N6O5/c1-3-5-7-8-9-10-11-12-13-14-16-40(60-34-22-24-39(57)29(25-34)15-6-4-2)51-44(58)30-17-23-35(47)38(26-30)50-43-41(53-52-32-18-20-33(56)21-19-32)45(59)55(54-43)42-36(48)27-31(46)28-37(42)49/h17-28,40-41,56-57H,3-16H2,1-2H3,(H,50,54)(H,51,58). The molecule has 2 atom stereocenters. The van der Waals surface area contributed by atoms with Crippen LogP contribution in [0.1, 0.15) is 113 Å². The molecule has 4 aromatic rings. The van der Waals surface area contributed by atoms with E-state index < -0.39 is 24.1 Å². The van der Waals surface area contributed by atoms with E-state index in [0.29, 0.717) is 24.3 Å². The third-order valence-electron chi connectivity index (χ3n) is 9.97. The van der Waals surface area contributed by atoms with Crippen LogP contribution in [0.3, 0.4) is 0 Å². The Hall–Kier alpha value is -4.55. The molecule has 1 aliphatic rings.